The van der Waals surface area contributed by atoms with Gasteiger partial charge in [0.1, 0.15) is 11.5 Å². The summed E-state index contributed by atoms with van der Waals surface area (Å²) in [4.78, 5) is 11.2. The number of benzene rings is 3. The Labute approximate surface area is 164 Å². The number of ether oxygens (including phenoxy) is 1. The van der Waals surface area contributed by atoms with E-state index in [1.165, 1.54) is 6.07 Å². The molecule has 0 fully saturated rings. The molecule has 0 aromatic heterocycles. The number of hydrogen-bond acceptors (Lipinski definition) is 5. The Hall–Kier alpha value is -3.19. The molecule has 0 aliphatic carbocycles. The van der Waals surface area contributed by atoms with Crippen molar-refractivity contribution >= 4 is 21.1 Å². The van der Waals surface area contributed by atoms with Crippen LogP contribution in [0, 0.1) is 24.0 Å². The minimum Gasteiger partial charge on any atom is -0.457 e. The van der Waals surface area contributed by atoms with Crippen molar-refractivity contribution in [3.63, 3.8) is 0 Å². The summed E-state index contributed by atoms with van der Waals surface area (Å²) in [5.74, 6) is 1.01. The van der Waals surface area contributed by atoms with Gasteiger partial charge in [-0.15, -0.1) is 0 Å². The lowest BCUT2D eigenvalue weighted by Crippen LogP contribution is -1.98. The predicted molar refractivity (Wildman–Crippen MR) is 110 cm³/mol. The van der Waals surface area contributed by atoms with Gasteiger partial charge in [-0.05, 0) is 55.8 Å². The topological polar surface area (TPSA) is 81.8 Å². The lowest BCUT2D eigenvalue weighted by atomic mass is 10.1. The Morgan fingerprint density at radius 1 is 0.964 bits per heavy atom. The van der Waals surface area contributed by atoms with Crippen molar-refractivity contribution in [1.29, 1.82) is 0 Å². The summed E-state index contributed by atoms with van der Waals surface area (Å²) in [6.07, 6.45) is 1.58. The standard InChI is InChI=1S/C21H20N2O4S/c1-15-13-21(16(2)12-20(15)23(24)25)27-18-10-7-11-19(14-18)28(3,26)22-17-8-5-4-6-9-17/h4-14H,1-3H3. The van der Waals surface area contributed by atoms with Crippen molar-refractivity contribution in [1.82, 2.24) is 0 Å². The number of nitrogens with zero attached hydrogens (tertiary/aromatic N) is 2. The van der Waals surface area contributed by atoms with Gasteiger partial charge in [-0.1, -0.05) is 24.3 Å². The minimum atomic E-state index is -2.66. The molecule has 3 aromatic rings. The molecule has 3 rings (SSSR count). The number of hydrogen-bond donors (Lipinski definition) is 0. The van der Waals surface area contributed by atoms with Gasteiger partial charge in [0.05, 0.1) is 25.2 Å². The molecule has 0 amide bonds. The summed E-state index contributed by atoms with van der Waals surface area (Å²) < 4.78 is 23.4. The maximum atomic E-state index is 13.1. The number of nitro benzene ring substituents is 1. The molecule has 7 heteroatoms. The first-order chi connectivity index (χ1) is 13.3. The van der Waals surface area contributed by atoms with E-state index in [1.54, 1.807) is 62.6 Å². The smallest absolute Gasteiger partial charge is 0.272 e. The van der Waals surface area contributed by atoms with Crippen LogP contribution in [-0.2, 0) is 9.73 Å². The molecule has 0 aliphatic heterocycles. The quantitative estimate of drug-likeness (QED) is 0.403. The third-order valence-electron chi connectivity index (χ3n) is 4.20. The maximum absolute atomic E-state index is 13.1. The third-order valence-corrected chi connectivity index (χ3v) is 5.88. The summed E-state index contributed by atoms with van der Waals surface area (Å²) >= 11 is 0. The first-order valence-electron chi connectivity index (χ1n) is 8.57. The van der Waals surface area contributed by atoms with Crippen LogP contribution < -0.4 is 4.74 Å². The van der Waals surface area contributed by atoms with Gasteiger partial charge in [0.25, 0.3) is 5.69 Å². The highest BCUT2D eigenvalue weighted by Gasteiger charge is 2.15. The van der Waals surface area contributed by atoms with E-state index in [2.05, 4.69) is 4.36 Å². The largest absolute Gasteiger partial charge is 0.457 e. The Kier molecular flexibility index (Phi) is 5.46. The highest BCUT2D eigenvalue weighted by Crippen LogP contribution is 2.32. The summed E-state index contributed by atoms with van der Waals surface area (Å²) in [7, 11) is -2.66. The minimum absolute atomic E-state index is 0.0526. The van der Waals surface area contributed by atoms with E-state index in [0.717, 1.165) is 0 Å². The van der Waals surface area contributed by atoms with E-state index < -0.39 is 14.7 Å². The van der Waals surface area contributed by atoms with Gasteiger partial charge in [-0.2, -0.15) is 4.36 Å². The van der Waals surface area contributed by atoms with Gasteiger partial charge < -0.3 is 4.74 Å². The SMILES string of the molecule is Cc1cc([N+](=O)[O-])c(C)cc1Oc1cccc(S(C)(=O)=Nc2ccccc2)c1. The van der Waals surface area contributed by atoms with Crippen molar-refractivity contribution in [3.8, 4) is 11.5 Å². The molecule has 1 atom stereocenters. The molecular weight excluding hydrogens is 376 g/mol. The fraction of sp³-hybridized carbons (Fsp3) is 0.143. The molecule has 144 valence electrons. The Morgan fingerprint density at radius 2 is 1.68 bits per heavy atom. The molecule has 0 aliphatic rings. The van der Waals surface area contributed by atoms with Crippen LogP contribution in [0.2, 0.25) is 0 Å². The molecule has 0 N–H and O–H groups in total. The second-order valence-electron chi connectivity index (χ2n) is 6.47. The number of rotatable bonds is 5. The normalized spacial score (nSPS) is 12.8. The summed E-state index contributed by atoms with van der Waals surface area (Å²) in [5, 5.41) is 11.1. The van der Waals surface area contributed by atoms with E-state index in [-0.39, 0.29) is 5.69 Å². The number of nitro groups is 1. The summed E-state index contributed by atoms with van der Waals surface area (Å²) in [5.41, 5.74) is 1.86. The second kappa shape index (κ2) is 7.82. The monoisotopic (exact) mass is 396 g/mol. The van der Waals surface area contributed by atoms with Crippen molar-refractivity contribution in [2.45, 2.75) is 18.7 Å². The molecule has 28 heavy (non-hydrogen) atoms. The molecule has 3 aromatic carbocycles. The first-order valence-corrected chi connectivity index (χ1v) is 10.5. The highest BCUT2D eigenvalue weighted by atomic mass is 32.2. The maximum Gasteiger partial charge on any atom is 0.272 e. The molecule has 0 spiro atoms. The third kappa shape index (κ3) is 4.37. The van der Waals surface area contributed by atoms with Crippen LogP contribution in [0.15, 0.2) is 76.0 Å². The lowest BCUT2D eigenvalue weighted by molar-refractivity contribution is -0.385. The fourth-order valence-electron chi connectivity index (χ4n) is 2.72. The van der Waals surface area contributed by atoms with Crippen LogP contribution in [-0.4, -0.2) is 15.4 Å². The zero-order valence-electron chi connectivity index (χ0n) is 15.8. The molecule has 0 heterocycles. The molecule has 0 bridgehead atoms. The molecular formula is C21H20N2O4S. The van der Waals surface area contributed by atoms with E-state index in [9.17, 15) is 14.3 Å². The van der Waals surface area contributed by atoms with Gasteiger partial charge in [-0.25, -0.2) is 4.21 Å². The van der Waals surface area contributed by atoms with Crippen molar-refractivity contribution in [2.24, 2.45) is 4.36 Å². The van der Waals surface area contributed by atoms with E-state index in [4.69, 9.17) is 4.74 Å². The van der Waals surface area contributed by atoms with Crippen LogP contribution in [0.3, 0.4) is 0 Å². The average molecular weight is 396 g/mol. The van der Waals surface area contributed by atoms with Crippen molar-refractivity contribution < 1.29 is 13.9 Å². The Balaban J connectivity index is 1.95. The summed E-state index contributed by atoms with van der Waals surface area (Å²) in [6, 6.07) is 19.2. The van der Waals surface area contributed by atoms with Gasteiger partial charge in [-0.3, -0.25) is 10.1 Å². The average Bonchev–Trinajstić information content (AvgIpc) is 2.65. The lowest BCUT2D eigenvalue weighted by Gasteiger charge is -2.12. The van der Waals surface area contributed by atoms with Gasteiger partial charge in [0.15, 0.2) is 0 Å². The Bertz CT molecular complexity index is 1150. The second-order valence-corrected chi connectivity index (χ2v) is 8.73. The fourth-order valence-corrected chi connectivity index (χ4v) is 4.02. The molecule has 0 radical (unpaired) electrons. The molecule has 0 saturated heterocycles. The highest BCUT2D eigenvalue weighted by molar-refractivity contribution is 7.93. The van der Waals surface area contributed by atoms with E-state index >= 15 is 0 Å². The van der Waals surface area contributed by atoms with Gasteiger partial charge >= 0.3 is 0 Å². The van der Waals surface area contributed by atoms with Crippen molar-refractivity contribution in [3.05, 3.63) is 88.0 Å². The first kappa shape index (κ1) is 19.6. The van der Waals surface area contributed by atoms with E-state index in [1.807, 2.05) is 18.2 Å². The van der Waals surface area contributed by atoms with Crippen LogP contribution in [0.1, 0.15) is 11.1 Å². The molecule has 1 unspecified atom stereocenters. The van der Waals surface area contributed by atoms with Crippen LogP contribution in [0.25, 0.3) is 0 Å². The van der Waals surface area contributed by atoms with Gasteiger partial charge in [0.2, 0.25) is 0 Å². The Morgan fingerprint density at radius 3 is 2.36 bits per heavy atom. The van der Waals surface area contributed by atoms with Crippen molar-refractivity contribution in [2.75, 3.05) is 6.26 Å². The van der Waals surface area contributed by atoms with Crippen LogP contribution >= 0.6 is 0 Å². The van der Waals surface area contributed by atoms with Crippen LogP contribution in [0.5, 0.6) is 11.5 Å². The zero-order chi connectivity index (χ0) is 20.3. The van der Waals surface area contributed by atoms with Gasteiger partial charge in [0, 0.05) is 17.9 Å². The zero-order valence-corrected chi connectivity index (χ0v) is 16.6. The molecule has 6 nitrogen and oxygen atoms in total. The van der Waals surface area contributed by atoms with E-state index in [0.29, 0.717) is 33.2 Å². The summed E-state index contributed by atoms with van der Waals surface area (Å²) in [6.45, 7) is 3.41. The number of aryl methyl sites for hydroxylation is 2. The molecule has 0 saturated carbocycles. The van der Waals surface area contributed by atoms with Crippen LogP contribution in [0.4, 0.5) is 11.4 Å². The predicted octanol–water partition coefficient (Wildman–Crippen LogP) is 5.79.